The Morgan fingerprint density at radius 2 is 1.95 bits per heavy atom. The predicted molar refractivity (Wildman–Crippen MR) is 76.4 cm³/mol. The highest BCUT2D eigenvalue weighted by molar-refractivity contribution is 6.30. The van der Waals surface area contributed by atoms with Gasteiger partial charge >= 0.3 is 0 Å². The van der Waals surface area contributed by atoms with E-state index in [2.05, 4.69) is 24.5 Å². The van der Waals surface area contributed by atoms with Gasteiger partial charge in [-0.1, -0.05) is 48.9 Å². The van der Waals surface area contributed by atoms with Gasteiger partial charge in [0.15, 0.2) is 0 Å². The zero-order valence-electron chi connectivity index (χ0n) is 10.7. The molecule has 100 valence electrons. The molecule has 1 unspecified atom stereocenters. The van der Waals surface area contributed by atoms with E-state index in [0.29, 0.717) is 0 Å². The van der Waals surface area contributed by atoms with E-state index in [1.807, 2.05) is 12.1 Å². The Morgan fingerprint density at radius 3 is 2.58 bits per heavy atom. The summed E-state index contributed by atoms with van der Waals surface area (Å²) in [5.74, 6) is 5.20. The molecule has 0 aliphatic heterocycles. The summed E-state index contributed by atoms with van der Waals surface area (Å²) in [5, 5.41) is 0.101. The quantitative estimate of drug-likeness (QED) is 0.662. The molecule has 0 amide bonds. The van der Waals surface area contributed by atoms with Crippen LogP contribution in [0.4, 0.5) is 4.39 Å². The van der Waals surface area contributed by atoms with Crippen LogP contribution in [-0.4, -0.2) is 0 Å². The molecule has 0 saturated carbocycles. The SMILES string of the molecule is CCc1cccc(C(NN)c2ccc(F)c(Cl)c2)c1. The minimum atomic E-state index is -0.427. The number of nitrogens with one attached hydrogen (secondary N) is 1. The van der Waals surface area contributed by atoms with Gasteiger partial charge in [0.05, 0.1) is 11.1 Å². The standard InChI is InChI=1S/C15H16ClFN2/c1-2-10-4-3-5-11(8-10)15(19-18)12-6-7-14(17)13(16)9-12/h3-9,15,19H,2,18H2,1H3. The third-order valence-corrected chi connectivity index (χ3v) is 3.43. The summed E-state index contributed by atoms with van der Waals surface area (Å²) in [4.78, 5) is 0. The van der Waals surface area contributed by atoms with Gasteiger partial charge in [0.25, 0.3) is 0 Å². The van der Waals surface area contributed by atoms with Crippen molar-refractivity contribution in [3.8, 4) is 0 Å². The maximum absolute atomic E-state index is 13.2. The highest BCUT2D eigenvalue weighted by Crippen LogP contribution is 2.26. The van der Waals surface area contributed by atoms with Gasteiger partial charge in [0, 0.05) is 0 Å². The first kappa shape index (κ1) is 14.0. The molecule has 0 heterocycles. The van der Waals surface area contributed by atoms with E-state index in [0.717, 1.165) is 17.5 Å². The average molecular weight is 279 g/mol. The lowest BCUT2D eigenvalue weighted by molar-refractivity contribution is 0.615. The molecule has 19 heavy (non-hydrogen) atoms. The molecule has 0 aliphatic rings. The second-order valence-corrected chi connectivity index (χ2v) is 4.78. The molecule has 2 aromatic rings. The van der Waals surface area contributed by atoms with Crippen LogP contribution in [0.1, 0.15) is 29.7 Å². The van der Waals surface area contributed by atoms with E-state index in [9.17, 15) is 4.39 Å². The van der Waals surface area contributed by atoms with Crippen LogP contribution in [0.3, 0.4) is 0 Å². The van der Waals surface area contributed by atoms with Crippen LogP contribution >= 0.6 is 11.6 Å². The normalized spacial score (nSPS) is 12.4. The molecule has 3 N–H and O–H groups in total. The van der Waals surface area contributed by atoms with Crippen LogP contribution < -0.4 is 11.3 Å². The average Bonchev–Trinajstić information content (AvgIpc) is 2.44. The maximum Gasteiger partial charge on any atom is 0.141 e. The number of aryl methyl sites for hydroxylation is 1. The van der Waals surface area contributed by atoms with E-state index in [1.165, 1.54) is 11.6 Å². The Balaban J connectivity index is 2.40. The van der Waals surface area contributed by atoms with Crippen LogP contribution in [0, 0.1) is 5.82 Å². The van der Waals surface area contributed by atoms with Crippen LogP contribution in [0.25, 0.3) is 0 Å². The fourth-order valence-corrected chi connectivity index (χ4v) is 2.26. The molecule has 0 radical (unpaired) electrons. The van der Waals surface area contributed by atoms with Crippen LogP contribution in [0.2, 0.25) is 5.02 Å². The van der Waals surface area contributed by atoms with Gasteiger partial charge in [-0.25, -0.2) is 9.82 Å². The molecule has 1 atom stereocenters. The molecule has 2 aromatic carbocycles. The first-order valence-electron chi connectivity index (χ1n) is 6.15. The smallest absolute Gasteiger partial charge is 0.141 e. The van der Waals surface area contributed by atoms with Gasteiger partial charge < -0.3 is 0 Å². The molecule has 0 bridgehead atoms. The lowest BCUT2D eigenvalue weighted by atomic mass is 9.97. The van der Waals surface area contributed by atoms with Gasteiger partial charge in [-0.15, -0.1) is 0 Å². The summed E-state index contributed by atoms with van der Waals surface area (Å²) in [6.45, 7) is 2.10. The topological polar surface area (TPSA) is 38.0 Å². The number of hydrogen-bond acceptors (Lipinski definition) is 2. The largest absolute Gasteiger partial charge is 0.271 e. The highest BCUT2D eigenvalue weighted by atomic mass is 35.5. The third-order valence-electron chi connectivity index (χ3n) is 3.14. The van der Waals surface area contributed by atoms with Crippen LogP contribution in [0.15, 0.2) is 42.5 Å². The summed E-state index contributed by atoms with van der Waals surface area (Å²) >= 11 is 5.82. The lowest BCUT2D eigenvalue weighted by Gasteiger charge is -2.18. The summed E-state index contributed by atoms with van der Waals surface area (Å²) in [7, 11) is 0. The Bertz CT molecular complexity index is 572. The van der Waals surface area contributed by atoms with E-state index in [-0.39, 0.29) is 11.1 Å². The van der Waals surface area contributed by atoms with Gasteiger partial charge in [-0.05, 0) is 35.2 Å². The Labute approximate surface area is 117 Å². The Morgan fingerprint density at radius 1 is 1.21 bits per heavy atom. The second kappa shape index (κ2) is 6.15. The Kier molecular flexibility index (Phi) is 4.53. The zero-order chi connectivity index (χ0) is 13.8. The molecule has 2 rings (SSSR count). The minimum absolute atomic E-state index is 0.101. The Hall–Kier alpha value is -1.42. The maximum atomic E-state index is 13.2. The zero-order valence-corrected chi connectivity index (χ0v) is 11.4. The third kappa shape index (κ3) is 3.13. The van der Waals surface area contributed by atoms with Crippen molar-refractivity contribution >= 4 is 11.6 Å². The van der Waals surface area contributed by atoms with Crippen molar-refractivity contribution in [1.82, 2.24) is 5.43 Å². The molecule has 0 saturated heterocycles. The molecule has 0 fully saturated rings. The van der Waals surface area contributed by atoms with E-state index < -0.39 is 5.82 Å². The van der Waals surface area contributed by atoms with E-state index >= 15 is 0 Å². The van der Waals surface area contributed by atoms with Crippen molar-refractivity contribution in [2.75, 3.05) is 0 Å². The molecular formula is C15H16ClFN2. The predicted octanol–water partition coefficient (Wildman–Crippen LogP) is 3.59. The van der Waals surface area contributed by atoms with Gasteiger partial charge in [0.1, 0.15) is 5.82 Å². The number of benzene rings is 2. The van der Waals surface area contributed by atoms with Gasteiger partial charge in [-0.2, -0.15) is 0 Å². The fourth-order valence-electron chi connectivity index (χ4n) is 2.07. The number of nitrogens with two attached hydrogens (primary N) is 1. The lowest BCUT2D eigenvalue weighted by Crippen LogP contribution is -2.28. The van der Waals surface area contributed by atoms with Crippen molar-refractivity contribution in [2.24, 2.45) is 5.84 Å². The molecule has 2 nitrogen and oxygen atoms in total. The number of hydrazine groups is 1. The van der Waals surface area contributed by atoms with Gasteiger partial charge in [-0.3, -0.25) is 5.84 Å². The summed E-state index contributed by atoms with van der Waals surface area (Å²) in [6.07, 6.45) is 0.954. The van der Waals surface area contributed by atoms with Crippen molar-refractivity contribution in [3.63, 3.8) is 0 Å². The molecule has 0 aromatic heterocycles. The van der Waals surface area contributed by atoms with Crippen molar-refractivity contribution in [3.05, 3.63) is 70.0 Å². The molecule has 4 heteroatoms. The molecule has 0 spiro atoms. The van der Waals surface area contributed by atoms with Gasteiger partial charge in [0.2, 0.25) is 0 Å². The van der Waals surface area contributed by atoms with Crippen molar-refractivity contribution in [1.29, 1.82) is 0 Å². The number of hydrogen-bond donors (Lipinski definition) is 2. The van der Waals surface area contributed by atoms with Crippen molar-refractivity contribution in [2.45, 2.75) is 19.4 Å². The number of rotatable bonds is 4. The summed E-state index contributed by atoms with van der Waals surface area (Å²) in [5.41, 5.74) is 5.85. The number of halogens is 2. The first-order chi connectivity index (χ1) is 9.15. The summed E-state index contributed by atoms with van der Waals surface area (Å²) in [6, 6.07) is 12.6. The fraction of sp³-hybridized carbons (Fsp3) is 0.200. The molecule has 0 aliphatic carbocycles. The summed E-state index contributed by atoms with van der Waals surface area (Å²) < 4.78 is 13.2. The first-order valence-corrected chi connectivity index (χ1v) is 6.53. The monoisotopic (exact) mass is 278 g/mol. The highest BCUT2D eigenvalue weighted by Gasteiger charge is 2.14. The second-order valence-electron chi connectivity index (χ2n) is 4.37. The minimum Gasteiger partial charge on any atom is -0.271 e. The van der Waals surface area contributed by atoms with E-state index in [1.54, 1.807) is 12.1 Å². The molecular weight excluding hydrogens is 263 g/mol. The van der Waals surface area contributed by atoms with Crippen LogP contribution in [-0.2, 0) is 6.42 Å². The van der Waals surface area contributed by atoms with E-state index in [4.69, 9.17) is 17.4 Å². The van der Waals surface area contributed by atoms with Crippen molar-refractivity contribution < 1.29 is 4.39 Å². The van der Waals surface area contributed by atoms with Crippen LogP contribution in [0.5, 0.6) is 0 Å².